The van der Waals surface area contributed by atoms with E-state index in [0.29, 0.717) is 16.5 Å². The molecule has 0 aliphatic heterocycles. The van der Waals surface area contributed by atoms with Gasteiger partial charge in [-0.3, -0.25) is 19.5 Å². The summed E-state index contributed by atoms with van der Waals surface area (Å²) in [6.07, 6.45) is -4.55. The SMILES string of the molecule is Cc1ccc(C(=O)NCc2nnc(SCc3ccc(Br)cc3)n2-c2cccc(C(F)(F)F)c2)cc1[N+](=O)[O-]. The van der Waals surface area contributed by atoms with Crippen molar-refractivity contribution in [2.24, 2.45) is 0 Å². The predicted octanol–water partition coefficient (Wildman–Crippen LogP) is 6.49. The molecule has 0 unspecified atom stereocenters. The number of thioether (sulfide) groups is 1. The third-order valence-electron chi connectivity index (χ3n) is 5.49. The van der Waals surface area contributed by atoms with Crippen LogP contribution in [0.15, 0.2) is 76.4 Å². The second-order valence-corrected chi connectivity index (χ2v) is 10.00. The van der Waals surface area contributed by atoms with Crippen molar-refractivity contribution >= 4 is 39.3 Å². The number of amides is 1. The minimum Gasteiger partial charge on any atom is -0.345 e. The molecular formula is C25H19BrF3N5O3S. The topological polar surface area (TPSA) is 103 Å². The van der Waals surface area contributed by atoms with Gasteiger partial charge in [0.15, 0.2) is 11.0 Å². The fourth-order valence-corrected chi connectivity index (χ4v) is 4.72. The van der Waals surface area contributed by atoms with Crippen LogP contribution in [0.4, 0.5) is 18.9 Å². The number of nitrogens with one attached hydrogen (secondary N) is 1. The van der Waals surface area contributed by atoms with Crippen LogP contribution >= 0.6 is 27.7 Å². The van der Waals surface area contributed by atoms with Gasteiger partial charge >= 0.3 is 6.18 Å². The number of rotatable bonds is 8. The molecule has 1 heterocycles. The highest BCUT2D eigenvalue weighted by atomic mass is 79.9. The Kier molecular flexibility index (Phi) is 8.17. The lowest BCUT2D eigenvalue weighted by Gasteiger charge is -2.13. The smallest absolute Gasteiger partial charge is 0.345 e. The van der Waals surface area contributed by atoms with Gasteiger partial charge in [0.1, 0.15) is 0 Å². The highest BCUT2D eigenvalue weighted by Crippen LogP contribution is 2.32. The van der Waals surface area contributed by atoms with Crippen LogP contribution in [0.3, 0.4) is 0 Å². The van der Waals surface area contributed by atoms with Crippen LogP contribution in [-0.4, -0.2) is 25.6 Å². The van der Waals surface area contributed by atoms with Crippen molar-refractivity contribution < 1.29 is 22.9 Å². The van der Waals surface area contributed by atoms with Gasteiger partial charge in [-0.2, -0.15) is 13.2 Å². The second kappa shape index (κ2) is 11.4. The lowest BCUT2D eigenvalue weighted by atomic mass is 10.1. The Labute approximate surface area is 227 Å². The number of aryl methyl sites for hydroxylation is 1. The van der Waals surface area contributed by atoms with Gasteiger partial charge in [0.2, 0.25) is 0 Å². The number of nitro groups is 1. The Balaban J connectivity index is 1.63. The fourth-order valence-electron chi connectivity index (χ4n) is 3.53. The van der Waals surface area contributed by atoms with E-state index in [4.69, 9.17) is 0 Å². The van der Waals surface area contributed by atoms with Gasteiger partial charge in [-0.1, -0.05) is 52.0 Å². The first-order valence-corrected chi connectivity index (χ1v) is 12.8. The lowest BCUT2D eigenvalue weighted by Crippen LogP contribution is -2.25. The van der Waals surface area contributed by atoms with Crippen LogP contribution < -0.4 is 5.32 Å². The molecule has 38 heavy (non-hydrogen) atoms. The predicted molar refractivity (Wildman–Crippen MR) is 139 cm³/mol. The molecule has 0 bridgehead atoms. The van der Waals surface area contributed by atoms with E-state index in [1.807, 2.05) is 24.3 Å². The summed E-state index contributed by atoms with van der Waals surface area (Å²) < 4.78 is 42.6. The molecule has 0 aliphatic carbocycles. The highest BCUT2D eigenvalue weighted by molar-refractivity contribution is 9.10. The minimum atomic E-state index is -4.55. The molecule has 1 N–H and O–H groups in total. The van der Waals surface area contributed by atoms with Gasteiger partial charge in [0, 0.05) is 27.4 Å². The summed E-state index contributed by atoms with van der Waals surface area (Å²) in [7, 11) is 0. The van der Waals surface area contributed by atoms with E-state index in [1.165, 1.54) is 46.7 Å². The van der Waals surface area contributed by atoms with E-state index < -0.39 is 22.6 Å². The number of nitro benzene ring substituents is 1. The van der Waals surface area contributed by atoms with E-state index in [9.17, 15) is 28.1 Å². The van der Waals surface area contributed by atoms with Crippen LogP contribution in [0.1, 0.15) is 32.9 Å². The third kappa shape index (κ3) is 6.40. The molecule has 0 aliphatic rings. The summed E-state index contributed by atoms with van der Waals surface area (Å²) in [6, 6.07) is 16.4. The Bertz CT molecular complexity index is 1490. The second-order valence-electron chi connectivity index (χ2n) is 8.14. The molecule has 8 nitrogen and oxygen atoms in total. The van der Waals surface area contributed by atoms with Gasteiger partial charge in [-0.05, 0) is 48.9 Å². The first kappa shape index (κ1) is 27.3. The molecule has 3 aromatic carbocycles. The number of carbonyl (C=O) groups is 1. The zero-order chi connectivity index (χ0) is 27.4. The largest absolute Gasteiger partial charge is 0.416 e. The molecule has 0 radical (unpaired) electrons. The summed E-state index contributed by atoms with van der Waals surface area (Å²) in [4.78, 5) is 23.4. The quantitative estimate of drug-likeness (QED) is 0.140. The zero-order valence-electron chi connectivity index (χ0n) is 19.7. The van der Waals surface area contributed by atoms with Crippen LogP contribution in [0, 0.1) is 17.0 Å². The maximum Gasteiger partial charge on any atom is 0.416 e. The van der Waals surface area contributed by atoms with Crippen molar-refractivity contribution in [1.82, 2.24) is 20.1 Å². The summed E-state index contributed by atoms with van der Waals surface area (Å²) in [5, 5.41) is 22.5. The molecule has 4 aromatic rings. The molecule has 0 atom stereocenters. The number of alkyl halides is 3. The number of benzene rings is 3. The average Bonchev–Trinajstić information content (AvgIpc) is 3.29. The van der Waals surface area contributed by atoms with Crippen molar-refractivity contribution in [3.63, 3.8) is 0 Å². The molecule has 0 fully saturated rings. The van der Waals surface area contributed by atoms with Crippen LogP contribution in [0.5, 0.6) is 0 Å². The van der Waals surface area contributed by atoms with Gasteiger partial charge in [0.05, 0.1) is 22.7 Å². The van der Waals surface area contributed by atoms with Crippen molar-refractivity contribution in [1.29, 1.82) is 0 Å². The Morgan fingerprint density at radius 2 is 1.84 bits per heavy atom. The normalized spacial score (nSPS) is 11.4. The minimum absolute atomic E-state index is 0.0669. The van der Waals surface area contributed by atoms with E-state index in [0.717, 1.165) is 22.2 Å². The highest BCUT2D eigenvalue weighted by Gasteiger charge is 2.31. The molecule has 4 rings (SSSR count). The summed E-state index contributed by atoms with van der Waals surface area (Å²) in [5.74, 6) is 0.0670. The van der Waals surface area contributed by atoms with Crippen molar-refractivity contribution in [3.8, 4) is 5.69 Å². The van der Waals surface area contributed by atoms with Gasteiger partial charge in [-0.25, -0.2) is 0 Å². The van der Waals surface area contributed by atoms with Crippen LogP contribution in [0.2, 0.25) is 0 Å². The molecule has 0 spiro atoms. The summed E-state index contributed by atoms with van der Waals surface area (Å²) >= 11 is 4.65. The molecule has 13 heteroatoms. The van der Waals surface area contributed by atoms with Crippen molar-refractivity contribution in [2.75, 3.05) is 0 Å². The molecule has 196 valence electrons. The first-order chi connectivity index (χ1) is 18.0. The number of aromatic nitrogens is 3. The maximum absolute atomic E-state index is 13.4. The standard InChI is InChI=1S/C25H19BrF3N5O3S/c1-15-5-8-17(11-21(15)34(36)37)23(35)30-13-22-31-32-24(38-14-16-6-9-19(26)10-7-16)33(22)20-4-2-3-18(12-20)25(27,28)29/h2-12H,13-14H2,1H3,(H,30,35). The molecular weight excluding hydrogens is 587 g/mol. The lowest BCUT2D eigenvalue weighted by molar-refractivity contribution is -0.385. The van der Waals surface area contributed by atoms with E-state index in [-0.39, 0.29) is 29.3 Å². The molecule has 1 amide bonds. The number of hydrogen-bond acceptors (Lipinski definition) is 6. The number of halogens is 4. The molecule has 0 saturated carbocycles. The maximum atomic E-state index is 13.4. The summed E-state index contributed by atoms with van der Waals surface area (Å²) in [5.41, 5.74) is 0.581. The van der Waals surface area contributed by atoms with Crippen molar-refractivity contribution in [2.45, 2.75) is 30.6 Å². The number of hydrogen-bond donors (Lipinski definition) is 1. The third-order valence-corrected chi connectivity index (χ3v) is 7.02. The number of nitrogens with zero attached hydrogens (tertiary/aromatic N) is 4. The van der Waals surface area contributed by atoms with E-state index in [1.54, 1.807) is 6.92 Å². The average molecular weight is 606 g/mol. The van der Waals surface area contributed by atoms with Crippen LogP contribution in [0.25, 0.3) is 5.69 Å². The van der Waals surface area contributed by atoms with Gasteiger partial charge in [0.25, 0.3) is 11.6 Å². The molecule has 1 aromatic heterocycles. The molecule has 0 saturated heterocycles. The Morgan fingerprint density at radius 1 is 1.11 bits per heavy atom. The number of carbonyl (C=O) groups excluding carboxylic acids is 1. The first-order valence-electron chi connectivity index (χ1n) is 11.1. The Morgan fingerprint density at radius 3 is 2.53 bits per heavy atom. The Hall–Kier alpha value is -3.71. The van der Waals surface area contributed by atoms with E-state index in [2.05, 4.69) is 31.4 Å². The van der Waals surface area contributed by atoms with Gasteiger partial charge < -0.3 is 5.32 Å². The van der Waals surface area contributed by atoms with Crippen LogP contribution in [-0.2, 0) is 18.5 Å². The van der Waals surface area contributed by atoms with E-state index >= 15 is 0 Å². The fraction of sp³-hybridized carbons (Fsp3) is 0.160. The van der Waals surface area contributed by atoms with Crippen molar-refractivity contribution in [3.05, 3.63) is 109 Å². The summed E-state index contributed by atoms with van der Waals surface area (Å²) in [6.45, 7) is 1.38. The zero-order valence-corrected chi connectivity index (χ0v) is 22.1. The van der Waals surface area contributed by atoms with Gasteiger partial charge in [-0.15, -0.1) is 10.2 Å². The monoisotopic (exact) mass is 605 g/mol.